The minimum Gasteiger partial charge on any atom is -0.493 e. The summed E-state index contributed by atoms with van der Waals surface area (Å²) in [6.07, 6.45) is 4.00. The molecule has 0 fully saturated rings. The van der Waals surface area contributed by atoms with Gasteiger partial charge in [-0.15, -0.1) is 0 Å². The summed E-state index contributed by atoms with van der Waals surface area (Å²) in [5, 5.41) is 9.36. The van der Waals surface area contributed by atoms with Crippen LogP contribution in [0.2, 0.25) is 0 Å². The van der Waals surface area contributed by atoms with Gasteiger partial charge in [0.15, 0.2) is 5.65 Å². The molecule has 180 valence electrons. The van der Waals surface area contributed by atoms with E-state index in [0.717, 1.165) is 22.3 Å². The molecule has 4 heterocycles. The van der Waals surface area contributed by atoms with E-state index in [-0.39, 0.29) is 11.7 Å². The highest BCUT2D eigenvalue weighted by Gasteiger charge is 2.28. The summed E-state index contributed by atoms with van der Waals surface area (Å²) in [5.74, 6) is 1.17. The number of para-hydroxylation sites is 1. The summed E-state index contributed by atoms with van der Waals surface area (Å²) < 4.78 is 11.1. The quantitative estimate of drug-likeness (QED) is 0.381. The standard InChI is InChI=1S/C26H24N8O2/c1-31(2)10-11-32-22-15-28-25(33-16-29-19-8-7-17(14-27)13-21(19)33)30-24(22)34(26(32)35)20-9-12-36-23-6-4-3-5-18(20)23/h3-8,13,15-16,20H,9-12H2,1-2H3/t20-/m1/s1. The molecule has 1 atom stereocenters. The van der Waals surface area contributed by atoms with E-state index in [1.54, 1.807) is 44.4 Å². The van der Waals surface area contributed by atoms with Gasteiger partial charge in [-0.25, -0.2) is 14.8 Å². The molecule has 5 aromatic rings. The first kappa shape index (κ1) is 22.0. The summed E-state index contributed by atoms with van der Waals surface area (Å²) in [7, 11) is 3.96. The normalized spacial score (nSPS) is 15.2. The molecule has 0 amide bonds. The van der Waals surface area contributed by atoms with Gasteiger partial charge in [0.25, 0.3) is 0 Å². The molecule has 10 heteroatoms. The van der Waals surface area contributed by atoms with Crippen molar-refractivity contribution < 1.29 is 4.74 Å². The molecule has 2 aromatic carbocycles. The molecule has 3 aromatic heterocycles. The molecule has 0 N–H and O–H groups in total. The van der Waals surface area contributed by atoms with Gasteiger partial charge in [-0.2, -0.15) is 10.2 Å². The van der Waals surface area contributed by atoms with E-state index in [9.17, 15) is 10.1 Å². The van der Waals surface area contributed by atoms with E-state index in [0.29, 0.717) is 48.8 Å². The lowest BCUT2D eigenvalue weighted by Gasteiger charge is -2.26. The maximum atomic E-state index is 13.8. The molecular formula is C26H24N8O2. The zero-order valence-corrected chi connectivity index (χ0v) is 20.0. The Kier molecular flexibility index (Phi) is 5.27. The van der Waals surface area contributed by atoms with E-state index in [4.69, 9.17) is 9.72 Å². The highest BCUT2D eigenvalue weighted by Crippen LogP contribution is 2.35. The molecular weight excluding hydrogens is 456 g/mol. The Bertz CT molecular complexity index is 1710. The summed E-state index contributed by atoms with van der Waals surface area (Å²) in [5.41, 5.74) is 4.06. The zero-order chi connectivity index (χ0) is 24.8. The van der Waals surface area contributed by atoms with Gasteiger partial charge in [0, 0.05) is 25.1 Å². The van der Waals surface area contributed by atoms with E-state index in [1.165, 1.54) is 0 Å². The van der Waals surface area contributed by atoms with Gasteiger partial charge in [0.2, 0.25) is 5.95 Å². The van der Waals surface area contributed by atoms with Crippen molar-refractivity contribution in [3.63, 3.8) is 0 Å². The number of aromatic nitrogens is 6. The molecule has 0 radical (unpaired) electrons. The van der Waals surface area contributed by atoms with Gasteiger partial charge < -0.3 is 9.64 Å². The molecule has 1 aliphatic rings. The van der Waals surface area contributed by atoms with Crippen molar-refractivity contribution in [2.45, 2.75) is 19.0 Å². The van der Waals surface area contributed by atoms with E-state index < -0.39 is 0 Å². The molecule has 0 spiro atoms. The topological polar surface area (TPSA) is 107 Å². The number of rotatable bonds is 5. The Morgan fingerprint density at radius 2 is 2.03 bits per heavy atom. The molecule has 0 unspecified atom stereocenters. The Morgan fingerprint density at radius 1 is 1.17 bits per heavy atom. The van der Waals surface area contributed by atoms with Crippen LogP contribution in [0.1, 0.15) is 23.6 Å². The zero-order valence-electron chi connectivity index (χ0n) is 20.0. The number of nitrogens with zero attached hydrogens (tertiary/aromatic N) is 8. The van der Waals surface area contributed by atoms with Gasteiger partial charge in [-0.05, 0) is 38.4 Å². The summed E-state index contributed by atoms with van der Waals surface area (Å²) in [6, 6.07) is 15.1. The number of imidazole rings is 2. The van der Waals surface area contributed by atoms with Crippen molar-refractivity contribution >= 4 is 22.2 Å². The molecule has 0 bridgehead atoms. The molecule has 0 aliphatic carbocycles. The summed E-state index contributed by atoms with van der Waals surface area (Å²) in [4.78, 5) is 29.8. The Labute approximate surface area is 206 Å². The number of likely N-dealkylation sites (N-methyl/N-ethyl adjacent to an activating group) is 1. The van der Waals surface area contributed by atoms with E-state index in [1.807, 2.05) is 43.3 Å². The molecule has 6 rings (SSSR count). The fourth-order valence-corrected chi connectivity index (χ4v) is 4.79. The minimum atomic E-state index is -0.210. The average molecular weight is 481 g/mol. The number of ether oxygens (including phenoxy) is 1. The number of nitriles is 1. The van der Waals surface area contributed by atoms with Gasteiger partial charge >= 0.3 is 5.69 Å². The number of hydrogen-bond donors (Lipinski definition) is 0. The monoisotopic (exact) mass is 480 g/mol. The smallest absolute Gasteiger partial charge is 0.330 e. The second kappa shape index (κ2) is 8.62. The minimum absolute atomic E-state index is 0.123. The van der Waals surface area contributed by atoms with Crippen LogP contribution >= 0.6 is 0 Å². The molecule has 10 nitrogen and oxygen atoms in total. The van der Waals surface area contributed by atoms with Crippen LogP contribution in [-0.2, 0) is 6.54 Å². The van der Waals surface area contributed by atoms with Crippen LogP contribution in [0.3, 0.4) is 0 Å². The third-order valence-corrected chi connectivity index (χ3v) is 6.59. The summed E-state index contributed by atoms with van der Waals surface area (Å²) >= 11 is 0. The molecule has 1 aliphatic heterocycles. The largest absolute Gasteiger partial charge is 0.493 e. The second-order valence-electron chi connectivity index (χ2n) is 9.11. The van der Waals surface area contributed by atoms with Crippen LogP contribution in [-0.4, -0.2) is 60.8 Å². The first-order chi connectivity index (χ1) is 17.5. The fraction of sp³-hybridized carbons (Fsp3) is 0.269. The highest BCUT2D eigenvalue weighted by atomic mass is 16.5. The maximum Gasteiger partial charge on any atom is 0.330 e. The van der Waals surface area contributed by atoms with E-state index in [2.05, 4.69) is 16.0 Å². The predicted molar refractivity (Wildman–Crippen MR) is 134 cm³/mol. The SMILES string of the molecule is CN(C)CCn1c(=O)n([C@@H]2CCOc3ccccc32)c2nc(-n3cnc4ccc(C#N)cc43)ncc21. The van der Waals surface area contributed by atoms with Gasteiger partial charge in [0.05, 0.1) is 41.5 Å². The average Bonchev–Trinajstić information content (AvgIpc) is 3.44. The van der Waals surface area contributed by atoms with E-state index >= 15 is 0 Å². The first-order valence-corrected chi connectivity index (χ1v) is 11.8. The van der Waals surface area contributed by atoms with Crippen molar-refractivity contribution in [3.8, 4) is 17.8 Å². The lowest BCUT2D eigenvalue weighted by atomic mass is 10.0. The van der Waals surface area contributed by atoms with Gasteiger partial charge in [-0.1, -0.05) is 18.2 Å². The lowest BCUT2D eigenvalue weighted by Crippen LogP contribution is -2.32. The fourth-order valence-electron chi connectivity index (χ4n) is 4.79. The summed E-state index contributed by atoms with van der Waals surface area (Å²) in [6.45, 7) is 1.73. The Hall–Kier alpha value is -4.49. The van der Waals surface area contributed by atoms with Crippen molar-refractivity contribution in [3.05, 3.63) is 76.6 Å². The Morgan fingerprint density at radius 3 is 2.86 bits per heavy atom. The predicted octanol–water partition coefficient (Wildman–Crippen LogP) is 2.74. The third kappa shape index (κ3) is 3.52. The van der Waals surface area contributed by atoms with Crippen LogP contribution < -0.4 is 10.4 Å². The Balaban J connectivity index is 1.58. The molecule has 0 saturated heterocycles. The van der Waals surface area contributed by atoms with Crippen LogP contribution in [0, 0.1) is 11.3 Å². The first-order valence-electron chi connectivity index (χ1n) is 11.8. The maximum absolute atomic E-state index is 13.8. The van der Waals surface area contributed by atoms with Crippen molar-refractivity contribution in [1.82, 2.24) is 33.6 Å². The van der Waals surface area contributed by atoms with Gasteiger partial charge in [-0.3, -0.25) is 13.7 Å². The molecule has 0 saturated carbocycles. The van der Waals surface area contributed by atoms with Crippen molar-refractivity contribution in [2.24, 2.45) is 0 Å². The van der Waals surface area contributed by atoms with Crippen molar-refractivity contribution in [1.29, 1.82) is 5.26 Å². The van der Waals surface area contributed by atoms with Crippen LogP contribution in [0.15, 0.2) is 59.8 Å². The van der Waals surface area contributed by atoms with Crippen molar-refractivity contribution in [2.75, 3.05) is 27.2 Å². The van der Waals surface area contributed by atoms with Gasteiger partial charge in [0.1, 0.15) is 17.6 Å². The molecule has 36 heavy (non-hydrogen) atoms. The highest BCUT2D eigenvalue weighted by molar-refractivity contribution is 5.79. The number of benzene rings is 2. The second-order valence-corrected chi connectivity index (χ2v) is 9.11. The third-order valence-electron chi connectivity index (χ3n) is 6.59. The lowest BCUT2D eigenvalue weighted by molar-refractivity contribution is 0.255. The van der Waals surface area contributed by atoms with Crippen LogP contribution in [0.4, 0.5) is 0 Å². The number of fused-ring (bicyclic) bond motifs is 3. The van der Waals surface area contributed by atoms with Crippen LogP contribution in [0.25, 0.3) is 28.1 Å². The number of hydrogen-bond acceptors (Lipinski definition) is 7. The van der Waals surface area contributed by atoms with Crippen LogP contribution in [0.5, 0.6) is 5.75 Å².